The van der Waals surface area contributed by atoms with E-state index in [4.69, 9.17) is 52.1 Å². The molecule has 42 heteroatoms. The van der Waals surface area contributed by atoms with Crippen molar-refractivity contribution in [3.63, 3.8) is 0 Å². The number of amides is 2. The SMILES string of the molecule is CC(=O)N[C@@H]1[C@@H](O[C@H]2O[C@H](CO)[C@H](O)[C@H](O[C@@H]3O[C@H](CO)[C@H](O)[C@H](O[C@]4(C(=O)O)C[C@H](O)[C@@H](O)[C@H]([C@H](O)[C@H](O)CO)O4)[C@H]3O)[C@H]2NC(C)=O)[C@@H](O)[C@@H](CO[C@]2(C(=O)O)C[C@H](O)[C@@H](O)[C@H]([C@H](O)[C@@H](CO)O[C@]3(C(=O)O)C[C@H](O)[C@@H](O)[C@H]([C@H](O)[C@H](O)CO)O3)O2)O[C@@H]1O. The van der Waals surface area contributed by atoms with Crippen LogP contribution in [0.25, 0.3) is 0 Å². The van der Waals surface area contributed by atoms with E-state index in [0.717, 1.165) is 13.8 Å². The van der Waals surface area contributed by atoms with Crippen LogP contribution in [0.4, 0.5) is 0 Å². The molecule has 0 spiro atoms. The molecule has 0 bridgehead atoms. The summed E-state index contributed by atoms with van der Waals surface area (Å²) in [6, 6.07) is -3.98. The van der Waals surface area contributed by atoms with Crippen molar-refractivity contribution in [3.8, 4) is 0 Å². The second kappa shape index (κ2) is 31.3. The van der Waals surface area contributed by atoms with Crippen molar-refractivity contribution in [1.29, 1.82) is 0 Å². The molecular formula is C49H80N2O40. The van der Waals surface area contributed by atoms with Crippen LogP contribution < -0.4 is 10.6 Å². The molecule has 6 fully saturated rings. The van der Waals surface area contributed by atoms with Crippen molar-refractivity contribution in [2.45, 2.75) is 234 Å². The second-order valence-corrected chi connectivity index (χ2v) is 22.5. The van der Waals surface area contributed by atoms with Gasteiger partial charge in [0.2, 0.25) is 11.8 Å². The smallest absolute Gasteiger partial charge is 0.364 e. The third-order valence-corrected chi connectivity index (χ3v) is 16.2. The lowest BCUT2D eigenvalue weighted by Gasteiger charge is -2.51. The van der Waals surface area contributed by atoms with Crippen LogP contribution in [-0.2, 0) is 76.1 Å². The lowest BCUT2D eigenvalue weighted by atomic mass is 9.89. The van der Waals surface area contributed by atoms with E-state index in [0.29, 0.717) is 0 Å². The number of hydrogen-bond donors (Lipinski definition) is 26. The van der Waals surface area contributed by atoms with Crippen LogP contribution in [0.2, 0.25) is 0 Å². The number of carboxylic acids is 3. The Hall–Kier alpha value is -3.93. The Kier molecular flexibility index (Phi) is 26.2. The normalized spacial score (nSPS) is 44.3. The predicted molar refractivity (Wildman–Crippen MR) is 274 cm³/mol. The lowest BCUT2D eigenvalue weighted by molar-refractivity contribution is -0.388. The van der Waals surface area contributed by atoms with Crippen LogP contribution in [-0.4, -0.2) is 393 Å². The van der Waals surface area contributed by atoms with E-state index in [1.54, 1.807) is 0 Å². The summed E-state index contributed by atoms with van der Waals surface area (Å²) in [5, 5.41) is 262. The quantitative estimate of drug-likeness (QED) is 0.0363. The summed E-state index contributed by atoms with van der Waals surface area (Å²) < 4.78 is 61.8. The lowest BCUT2D eigenvalue weighted by Crippen LogP contribution is -2.71. The van der Waals surface area contributed by atoms with Gasteiger partial charge in [0, 0.05) is 33.1 Å². The minimum atomic E-state index is -3.32. The predicted octanol–water partition coefficient (Wildman–Crippen LogP) is -16.2. The van der Waals surface area contributed by atoms with Crippen LogP contribution in [0, 0.1) is 0 Å². The van der Waals surface area contributed by atoms with Crippen LogP contribution in [0.15, 0.2) is 0 Å². The zero-order valence-electron chi connectivity index (χ0n) is 47.9. The zero-order chi connectivity index (χ0) is 68.3. The molecule has 6 aliphatic rings. The molecule has 6 saturated heterocycles. The van der Waals surface area contributed by atoms with E-state index in [9.17, 15) is 147 Å². The Morgan fingerprint density at radius 2 is 0.868 bits per heavy atom. The number of hydrogen-bond acceptors (Lipinski definition) is 37. The highest BCUT2D eigenvalue weighted by Crippen LogP contribution is 2.42. The largest absolute Gasteiger partial charge is 0.477 e. The van der Waals surface area contributed by atoms with Gasteiger partial charge < -0.3 is 185 Å². The summed E-state index contributed by atoms with van der Waals surface area (Å²) in [6.45, 7) is -5.82. The summed E-state index contributed by atoms with van der Waals surface area (Å²) >= 11 is 0. The molecule has 6 rings (SSSR count). The molecule has 526 valence electrons. The number of aliphatic carboxylic acids is 3. The van der Waals surface area contributed by atoms with Gasteiger partial charge in [0.05, 0.1) is 58.0 Å². The molecule has 0 aromatic carbocycles. The number of aliphatic hydroxyl groups is 21. The fourth-order valence-corrected chi connectivity index (χ4v) is 11.2. The van der Waals surface area contributed by atoms with Crippen LogP contribution >= 0.6 is 0 Å². The first-order valence-corrected chi connectivity index (χ1v) is 28.0. The van der Waals surface area contributed by atoms with Gasteiger partial charge in [0.15, 0.2) is 18.9 Å². The van der Waals surface area contributed by atoms with Crippen molar-refractivity contribution < 1.29 is 199 Å². The first-order valence-electron chi connectivity index (χ1n) is 28.0. The van der Waals surface area contributed by atoms with Crippen LogP contribution in [0.5, 0.6) is 0 Å². The van der Waals surface area contributed by atoms with Gasteiger partial charge in [-0.3, -0.25) is 9.59 Å². The zero-order valence-corrected chi connectivity index (χ0v) is 47.9. The van der Waals surface area contributed by atoms with Crippen molar-refractivity contribution in [2.75, 3.05) is 39.6 Å². The van der Waals surface area contributed by atoms with E-state index < -0.39 is 290 Å². The Labute approximate surface area is 511 Å². The van der Waals surface area contributed by atoms with Gasteiger partial charge in [-0.05, 0) is 0 Å². The molecule has 6 heterocycles. The highest BCUT2D eigenvalue weighted by molar-refractivity contribution is 5.77. The van der Waals surface area contributed by atoms with Crippen LogP contribution in [0.3, 0.4) is 0 Å². The number of carbonyl (C=O) groups is 5. The van der Waals surface area contributed by atoms with E-state index in [2.05, 4.69) is 10.6 Å². The molecular weight excluding hydrogens is 1260 g/mol. The molecule has 42 nitrogen and oxygen atoms in total. The van der Waals surface area contributed by atoms with Crippen molar-refractivity contribution in [3.05, 3.63) is 0 Å². The number of aliphatic hydroxyl groups excluding tert-OH is 21. The van der Waals surface area contributed by atoms with E-state index >= 15 is 0 Å². The summed E-state index contributed by atoms with van der Waals surface area (Å²) in [6.07, 6.45) is -67.4. The molecule has 0 unspecified atom stereocenters. The summed E-state index contributed by atoms with van der Waals surface area (Å²) in [7, 11) is 0. The Balaban J connectivity index is 1.28. The van der Waals surface area contributed by atoms with Crippen molar-refractivity contribution in [2.24, 2.45) is 0 Å². The summed E-state index contributed by atoms with van der Waals surface area (Å²) in [5.74, 6) is -18.4. The Morgan fingerprint density at radius 3 is 1.33 bits per heavy atom. The Morgan fingerprint density at radius 1 is 0.473 bits per heavy atom. The first-order chi connectivity index (χ1) is 42.5. The van der Waals surface area contributed by atoms with Gasteiger partial charge >= 0.3 is 17.9 Å². The third kappa shape index (κ3) is 16.2. The maximum atomic E-state index is 13.2. The second-order valence-electron chi connectivity index (χ2n) is 22.5. The van der Waals surface area contributed by atoms with Crippen molar-refractivity contribution >= 4 is 29.7 Å². The molecule has 33 atom stereocenters. The number of rotatable bonds is 27. The maximum absolute atomic E-state index is 13.2. The maximum Gasteiger partial charge on any atom is 0.364 e. The van der Waals surface area contributed by atoms with Crippen LogP contribution in [0.1, 0.15) is 33.1 Å². The average molecular weight is 1340 g/mol. The molecule has 2 amide bonds. The minimum absolute atomic E-state index is 0.879. The number of carboxylic acid groups (broad SMARTS) is 3. The standard InChI is InChI=1S/C49H80N2O40/c1-12(57)50-23-35(33(72)22(82-41(23)74)11-81-47(44(75)76)3-14(59)27(66)39(88-47)32(71)21(10-56)87-48(45(77)78)4-15(60)25(64)37(89-48)28(67)17(62)6-52)85-42-24(51-13(2)58)36(30(69)19(8-54)83-42)86-43-34(73)40(31(70)20(9-55)84-43)91-49(46(79)80)5-16(61)26(65)38(90-49)29(68)18(63)7-53/h14-43,52-56,59-74H,3-11H2,1-2H3,(H,50,57)(H,51,58)(H,75,76)(H,77,78)(H,79,80)/t14-,15-,16-,17+,18+,19+,20+,21+,22+,23+,24+,25+,26+,27+,28+,29+,30-,31-,32+,33-,34+,35+,36+,37+,38+,39+,40-,41-,42+,43-,47+,48+,49-/m0/s1. The van der Waals surface area contributed by atoms with E-state index in [1.807, 2.05) is 0 Å². The molecule has 26 N–H and O–H groups in total. The monoisotopic (exact) mass is 1340 g/mol. The van der Waals surface area contributed by atoms with Crippen molar-refractivity contribution in [1.82, 2.24) is 10.6 Å². The van der Waals surface area contributed by atoms with E-state index in [1.165, 1.54) is 0 Å². The molecule has 91 heavy (non-hydrogen) atoms. The topological polar surface area (TPSA) is 696 Å². The molecule has 0 aliphatic carbocycles. The fraction of sp³-hybridized carbons (Fsp3) is 0.898. The van der Waals surface area contributed by atoms with E-state index in [-0.39, 0.29) is 0 Å². The number of carbonyl (C=O) groups excluding carboxylic acids is 2. The molecule has 6 aliphatic heterocycles. The first kappa shape index (κ1) is 76.1. The van der Waals surface area contributed by atoms with Gasteiger partial charge in [-0.15, -0.1) is 0 Å². The third-order valence-electron chi connectivity index (χ3n) is 16.2. The highest BCUT2D eigenvalue weighted by Gasteiger charge is 2.63. The fourth-order valence-electron chi connectivity index (χ4n) is 11.2. The molecule has 0 saturated carbocycles. The van der Waals surface area contributed by atoms with Gasteiger partial charge in [-0.25, -0.2) is 14.4 Å². The Bertz CT molecular complexity index is 2430. The number of nitrogens with one attached hydrogen (secondary N) is 2. The summed E-state index contributed by atoms with van der Waals surface area (Å²) in [4.78, 5) is 64.4. The van der Waals surface area contributed by atoms with Gasteiger partial charge in [0.1, 0.15) is 146 Å². The summed E-state index contributed by atoms with van der Waals surface area (Å²) in [5.41, 5.74) is 0. The van der Waals surface area contributed by atoms with Gasteiger partial charge in [0.25, 0.3) is 17.4 Å². The molecule has 0 aromatic heterocycles. The van der Waals surface area contributed by atoms with Gasteiger partial charge in [-0.2, -0.15) is 0 Å². The number of ether oxygens (including phenoxy) is 11. The highest BCUT2D eigenvalue weighted by atomic mass is 16.8. The molecule has 0 radical (unpaired) electrons. The minimum Gasteiger partial charge on any atom is -0.477 e. The average Bonchev–Trinajstić information content (AvgIpc) is 0.778. The van der Waals surface area contributed by atoms with Gasteiger partial charge in [-0.1, -0.05) is 0 Å². The molecule has 0 aromatic rings.